The van der Waals surface area contributed by atoms with Gasteiger partial charge in [0.05, 0.1) is 41.0 Å². The van der Waals surface area contributed by atoms with Crippen LogP contribution in [0.1, 0.15) is 57.6 Å². The lowest BCUT2D eigenvalue weighted by Crippen LogP contribution is -2.40. The van der Waals surface area contributed by atoms with Gasteiger partial charge < -0.3 is 19.5 Å². The van der Waals surface area contributed by atoms with Crippen molar-refractivity contribution in [1.29, 1.82) is 0 Å². The summed E-state index contributed by atoms with van der Waals surface area (Å²) in [6.45, 7) is 0. The molecular weight excluding hydrogens is 565 g/mol. The fourth-order valence-electron chi connectivity index (χ4n) is 5.12. The summed E-state index contributed by atoms with van der Waals surface area (Å²) < 4.78 is 11.4. The SMILES string of the molecule is O=C(O)c1cccc(C2(O)CC(c3cnc(OC(c4cnoc4)c4cc(-c5ccccc5)c(Cl)cc4Cl)cn3)C2)c1. The van der Waals surface area contributed by atoms with E-state index < -0.39 is 17.7 Å². The first-order valence-electron chi connectivity index (χ1n) is 12.8. The molecule has 0 saturated heterocycles. The Balaban J connectivity index is 1.23. The third kappa shape index (κ3) is 5.41. The van der Waals surface area contributed by atoms with Crippen LogP contribution in [0.4, 0.5) is 0 Å². The van der Waals surface area contributed by atoms with Gasteiger partial charge in [0.1, 0.15) is 6.26 Å². The minimum Gasteiger partial charge on any atom is -0.478 e. The Morgan fingerprint density at radius 2 is 1.78 bits per heavy atom. The number of aromatic nitrogens is 3. The van der Waals surface area contributed by atoms with Gasteiger partial charge >= 0.3 is 5.97 Å². The van der Waals surface area contributed by atoms with Gasteiger partial charge in [0.2, 0.25) is 5.88 Å². The zero-order valence-electron chi connectivity index (χ0n) is 21.4. The number of hydrogen-bond acceptors (Lipinski definition) is 7. The van der Waals surface area contributed by atoms with Crippen LogP contribution in [0.3, 0.4) is 0 Å². The molecule has 0 bridgehead atoms. The van der Waals surface area contributed by atoms with Gasteiger partial charge in [0, 0.05) is 27.1 Å². The standard InChI is InChI=1S/C31H23Cl2N3O5/c32-25-11-26(33)24(10-23(25)18-5-2-1-3-6-18)29(21-14-36-40-17-21)41-28-16-34-27(15-35-28)20-12-31(39,13-20)22-8-4-7-19(9-22)30(37)38/h1-11,14-17,20,29,39H,12-13H2,(H,37,38). The fourth-order valence-corrected chi connectivity index (χ4v) is 5.71. The quantitative estimate of drug-likeness (QED) is 0.198. The highest BCUT2D eigenvalue weighted by Crippen LogP contribution is 2.50. The van der Waals surface area contributed by atoms with Crippen LogP contribution in [-0.4, -0.2) is 31.3 Å². The molecule has 1 atom stereocenters. The van der Waals surface area contributed by atoms with Gasteiger partial charge in [-0.25, -0.2) is 9.78 Å². The van der Waals surface area contributed by atoms with Gasteiger partial charge in [-0.3, -0.25) is 4.98 Å². The van der Waals surface area contributed by atoms with Crippen molar-refractivity contribution >= 4 is 29.2 Å². The number of nitrogens with zero attached hydrogens (tertiary/aromatic N) is 3. The minimum absolute atomic E-state index is 0.0388. The van der Waals surface area contributed by atoms with E-state index >= 15 is 0 Å². The minimum atomic E-state index is -1.12. The maximum Gasteiger partial charge on any atom is 0.335 e. The van der Waals surface area contributed by atoms with Crippen molar-refractivity contribution in [2.24, 2.45) is 0 Å². The van der Waals surface area contributed by atoms with E-state index in [4.69, 9.17) is 32.5 Å². The molecule has 6 rings (SSSR count). The number of halogens is 2. The molecule has 206 valence electrons. The summed E-state index contributed by atoms with van der Waals surface area (Å²) in [5.41, 5.74) is 3.31. The fraction of sp³-hybridized carbons (Fsp3) is 0.161. The van der Waals surface area contributed by atoms with Crippen LogP contribution in [0.25, 0.3) is 11.1 Å². The number of aliphatic hydroxyl groups is 1. The molecule has 0 spiro atoms. The van der Waals surface area contributed by atoms with E-state index in [0.29, 0.717) is 45.3 Å². The van der Waals surface area contributed by atoms with Crippen molar-refractivity contribution in [1.82, 2.24) is 15.1 Å². The molecular formula is C31H23Cl2N3O5. The van der Waals surface area contributed by atoms with Crippen molar-refractivity contribution < 1.29 is 24.3 Å². The molecule has 2 aromatic heterocycles. The van der Waals surface area contributed by atoms with Gasteiger partial charge in [0.25, 0.3) is 0 Å². The van der Waals surface area contributed by atoms with E-state index in [-0.39, 0.29) is 17.4 Å². The molecule has 2 heterocycles. The van der Waals surface area contributed by atoms with E-state index in [2.05, 4.69) is 15.1 Å². The highest BCUT2D eigenvalue weighted by atomic mass is 35.5. The third-order valence-electron chi connectivity index (χ3n) is 7.33. The molecule has 1 saturated carbocycles. The van der Waals surface area contributed by atoms with Crippen LogP contribution in [0.15, 0.2) is 96.1 Å². The van der Waals surface area contributed by atoms with Crippen LogP contribution in [0.2, 0.25) is 10.0 Å². The van der Waals surface area contributed by atoms with Gasteiger partial charge in [-0.15, -0.1) is 0 Å². The average molecular weight is 588 g/mol. The van der Waals surface area contributed by atoms with E-state index in [0.717, 1.165) is 11.1 Å². The number of ether oxygens (including phenoxy) is 1. The Bertz CT molecular complexity index is 1690. The summed E-state index contributed by atoms with van der Waals surface area (Å²) in [5, 5.41) is 25.1. The first kappa shape index (κ1) is 27.0. The average Bonchev–Trinajstić information content (AvgIpc) is 3.50. The Morgan fingerprint density at radius 3 is 2.46 bits per heavy atom. The summed E-state index contributed by atoms with van der Waals surface area (Å²) >= 11 is 13.2. The number of benzene rings is 3. The first-order chi connectivity index (χ1) is 19.8. The topological polar surface area (TPSA) is 119 Å². The molecule has 2 N–H and O–H groups in total. The smallest absolute Gasteiger partial charge is 0.335 e. The molecule has 3 aromatic carbocycles. The second-order valence-electron chi connectivity index (χ2n) is 9.98. The third-order valence-corrected chi connectivity index (χ3v) is 7.97. The molecule has 8 nitrogen and oxygen atoms in total. The largest absolute Gasteiger partial charge is 0.478 e. The molecule has 1 aliphatic rings. The van der Waals surface area contributed by atoms with Crippen molar-refractivity contribution in [3.05, 3.63) is 130 Å². The van der Waals surface area contributed by atoms with E-state index in [1.807, 2.05) is 36.4 Å². The molecule has 1 fully saturated rings. The zero-order chi connectivity index (χ0) is 28.6. The number of carboxylic acid groups (broad SMARTS) is 1. The molecule has 1 unspecified atom stereocenters. The van der Waals surface area contributed by atoms with Crippen LogP contribution < -0.4 is 4.74 Å². The van der Waals surface area contributed by atoms with E-state index in [1.54, 1.807) is 30.6 Å². The Hall–Kier alpha value is -4.24. The van der Waals surface area contributed by atoms with Crippen molar-refractivity contribution in [2.75, 3.05) is 0 Å². The number of carbonyl (C=O) groups is 1. The molecule has 0 amide bonds. The molecule has 41 heavy (non-hydrogen) atoms. The van der Waals surface area contributed by atoms with Crippen LogP contribution >= 0.6 is 23.2 Å². The maximum absolute atomic E-state index is 11.3. The summed E-state index contributed by atoms with van der Waals surface area (Å²) in [4.78, 5) is 20.4. The Kier molecular flexibility index (Phi) is 7.21. The lowest BCUT2D eigenvalue weighted by molar-refractivity contribution is -0.0560. The summed E-state index contributed by atoms with van der Waals surface area (Å²) in [6.07, 6.45) is 6.27. The molecule has 1 aliphatic carbocycles. The summed E-state index contributed by atoms with van der Waals surface area (Å²) in [6, 6.07) is 19.7. The van der Waals surface area contributed by atoms with E-state index in [1.165, 1.54) is 24.6 Å². The van der Waals surface area contributed by atoms with Crippen LogP contribution in [0, 0.1) is 0 Å². The lowest BCUT2D eigenvalue weighted by atomic mass is 9.66. The number of carboxylic acids is 1. The highest BCUT2D eigenvalue weighted by molar-refractivity contribution is 6.37. The highest BCUT2D eigenvalue weighted by Gasteiger charge is 2.45. The van der Waals surface area contributed by atoms with E-state index in [9.17, 15) is 15.0 Å². The van der Waals surface area contributed by atoms with Crippen molar-refractivity contribution in [3.63, 3.8) is 0 Å². The number of rotatable bonds is 8. The van der Waals surface area contributed by atoms with Gasteiger partial charge in [-0.1, -0.05) is 70.8 Å². The second-order valence-corrected chi connectivity index (χ2v) is 10.8. The van der Waals surface area contributed by atoms with Crippen LogP contribution in [-0.2, 0) is 5.60 Å². The monoisotopic (exact) mass is 587 g/mol. The molecule has 0 aliphatic heterocycles. The predicted molar refractivity (Wildman–Crippen MR) is 152 cm³/mol. The van der Waals surface area contributed by atoms with Crippen molar-refractivity contribution in [2.45, 2.75) is 30.5 Å². The molecule has 0 radical (unpaired) electrons. The maximum atomic E-state index is 11.3. The normalized spacial score (nSPS) is 18.9. The van der Waals surface area contributed by atoms with Gasteiger partial charge in [-0.05, 0) is 48.2 Å². The lowest BCUT2D eigenvalue weighted by Gasteiger charge is -2.43. The predicted octanol–water partition coefficient (Wildman–Crippen LogP) is 7.07. The van der Waals surface area contributed by atoms with Crippen molar-refractivity contribution in [3.8, 4) is 17.0 Å². The summed E-state index contributed by atoms with van der Waals surface area (Å²) in [7, 11) is 0. The Morgan fingerprint density at radius 1 is 0.976 bits per heavy atom. The number of hydrogen-bond donors (Lipinski definition) is 2. The van der Waals surface area contributed by atoms with Gasteiger partial charge in [-0.2, -0.15) is 0 Å². The zero-order valence-corrected chi connectivity index (χ0v) is 23.0. The van der Waals surface area contributed by atoms with Gasteiger partial charge in [0.15, 0.2) is 6.10 Å². The Labute approximate surface area is 245 Å². The number of aromatic carboxylic acids is 1. The van der Waals surface area contributed by atoms with Crippen LogP contribution in [0.5, 0.6) is 5.88 Å². The molecule has 10 heteroatoms. The molecule has 5 aromatic rings. The summed E-state index contributed by atoms with van der Waals surface area (Å²) in [5.74, 6) is -0.813. The second kappa shape index (κ2) is 11.0. The first-order valence-corrected chi connectivity index (χ1v) is 13.5.